The SMILES string of the molecule is O=C(OCc1ccccc1)c1ccc(CCc2ccc(C(=O)OCc3ccccc3)cc2)cc1. The maximum Gasteiger partial charge on any atom is 0.338 e. The van der Waals surface area contributed by atoms with E-state index in [1.165, 1.54) is 0 Å². The van der Waals surface area contributed by atoms with Gasteiger partial charge in [0.15, 0.2) is 0 Å². The predicted octanol–water partition coefficient (Wildman–Crippen LogP) is 6.19. The molecule has 0 radical (unpaired) electrons. The van der Waals surface area contributed by atoms with Crippen LogP contribution >= 0.6 is 0 Å². The Hall–Kier alpha value is -4.18. The van der Waals surface area contributed by atoms with Crippen molar-refractivity contribution in [1.82, 2.24) is 0 Å². The molecule has 170 valence electrons. The van der Waals surface area contributed by atoms with Gasteiger partial charge in [0.25, 0.3) is 0 Å². The summed E-state index contributed by atoms with van der Waals surface area (Å²) in [6, 6.07) is 34.3. The van der Waals surface area contributed by atoms with Gasteiger partial charge in [-0.3, -0.25) is 0 Å². The van der Waals surface area contributed by atoms with Crippen LogP contribution in [0.3, 0.4) is 0 Å². The number of aryl methyl sites for hydroxylation is 2. The van der Waals surface area contributed by atoms with Crippen molar-refractivity contribution in [2.24, 2.45) is 0 Å². The first kappa shape index (κ1) is 23.0. The summed E-state index contributed by atoms with van der Waals surface area (Å²) in [5.74, 6) is -0.657. The minimum absolute atomic E-state index is 0.261. The number of carbonyl (C=O) groups excluding carboxylic acids is 2. The average molecular weight is 451 g/mol. The van der Waals surface area contributed by atoms with Crippen molar-refractivity contribution in [2.45, 2.75) is 26.1 Å². The van der Waals surface area contributed by atoms with E-state index < -0.39 is 0 Å². The van der Waals surface area contributed by atoms with Gasteiger partial charge in [-0.15, -0.1) is 0 Å². The molecule has 0 atom stereocenters. The molecule has 0 heterocycles. The fraction of sp³-hybridized carbons (Fsp3) is 0.133. The van der Waals surface area contributed by atoms with Crippen LogP contribution in [0.2, 0.25) is 0 Å². The Bertz CT molecular complexity index is 1100. The van der Waals surface area contributed by atoms with Crippen molar-refractivity contribution in [2.75, 3.05) is 0 Å². The third-order valence-corrected chi connectivity index (χ3v) is 5.51. The molecule has 4 heteroatoms. The second-order valence-corrected chi connectivity index (χ2v) is 8.02. The van der Waals surface area contributed by atoms with Gasteiger partial charge in [0.2, 0.25) is 0 Å². The molecule has 0 aliphatic carbocycles. The van der Waals surface area contributed by atoms with Crippen LogP contribution in [0, 0.1) is 0 Å². The molecule has 0 unspecified atom stereocenters. The fourth-order valence-electron chi connectivity index (χ4n) is 3.52. The van der Waals surface area contributed by atoms with Gasteiger partial charge >= 0.3 is 11.9 Å². The molecule has 0 aliphatic rings. The zero-order valence-corrected chi connectivity index (χ0v) is 18.9. The monoisotopic (exact) mass is 450 g/mol. The molecule has 0 amide bonds. The van der Waals surface area contributed by atoms with Crippen LogP contribution in [0.1, 0.15) is 43.0 Å². The molecule has 0 bridgehead atoms. The molecular formula is C30H26O4. The van der Waals surface area contributed by atoms with Gasteiger partial charge < -0.3 is 9.47 Å². The van der Waals surface area contributed by atoms with Crippen molar-refractivity contribution in [1.29, 1.82) is 0 Å². The predicted molar refractivity (Wildman–Crippen MR) is 131 cm³/mol. The number of esters is 2. The highest BCUT2D eigenvalue weighted by atomic mass is 16.5. The highest BCUT2D eigenvalue weighted by Gasteiger charge is 2.09. The molecule has 0 fully saturated rings. The smallest absolute Gasteiger partial charge is 0.338 e. The molecule has 34 heavy (non-hydrogen) atoms. The Morgan fingerprint density at radius 2 is 0.794 bits per heavy atom. The molecule has 0 aliphatic heterocycles. The van der Waals surface area contributed by atoms with Crippen molar-refractivity contribution >= 4 is 11.9 Å². The van der Waals surface area contributed by atoms with Crippen molar-refractivity contribution in [3.05, 3.63) is 143 Å². The molecule has 0 saturated heterocycles. The quantitative estimate of drug-likeness (QED) is 0.286. The molecule has 0 spiro atoms. The lowest BCUT2D eigenvalue weighted by Crippen LogP contribution is -2.06. The van der Waals surface area contributed by atoms with Crippen molar-refractivity contribution in [3.63, 3.8) is 0 Å². The lowest BCUT2D eigenvalue weighted by molar-refractivity contribution is 0.0464. The summed E-state index contributed by atoms with van der Waals surface area (Å²) in [6.07, 6.45) is 1.66. The Labute approximate surface area is 199 Å². The van der Waals surface area contributed by atoms with Crippen LogP contribution in [0.5, 0.6) is 0 Å². The van der Waals surface area contributed by atoms with Gasteiger partial charge in [-0.2, -0.15) is 0 Å². The third kappa shape index (κ3) is 6.66. The summed E-state index contributed by atoms with van der Waals surface area (Å²) in [5, 5.41) is 0. The Kier molecular flexibility index (Phi) is 7.86. The summed E-state index contributed by atoms with van der Waals surface area (Å²) < 4.78 is 10.8. The molecule has 0 aromatic heterocycles. The van der Waals surface area contributed by atoms with E-state index in [0.29, 0.717) is 11.1 Å². The standard InChI is InChI=1S/C30H26O4/c31-29(33-21-25-7-3-1-4-8-25)27-17-13-23(14-18-27)11-12-24-15-19-28(20-16-24)30(32)34-22-26-9-5-2-6-10-26/h1-10,13-20H,11-12,21-22H2. The van der Waals surface area contributed by atoms with E-state index in [4.69, 9.17) is 9.47 Å². The second-order valence-electron chi connectivity index (χ2n) is 8.02. The first-order valence-electron chi connectivity index (χ1n) is 11.3. The zero-order chi connectivity index (χ0) is 23.6. The van der Waals surface area contributed by atoms with E-state index >= 15 is 0 Å². The first-order valence-corrected chi connectivity index (χ1v) is 11.3. The molecule has 0 N–H and O–H groups in total. The zero-order valence-electron chi connectivity index (χ0n) is 18.9. The van der Waals surface area contributed by atoms with Crippen molar-refractivity contribution in [3.8, 4) is 0 Å². The van der Waals surface area contributed by atoms with E-state index in [1.807, 2.05) is 84.9 Å². The number of ether oxygens (including phenoxy) is 2. The molecule has 4 rings (SSSR count). The van der Waals surface area contributed by atoms with Crippen LogP contribution in [0.25, 0.3) is 0 Å². The normalized spacial score (nSPS) is 10.5. The van der Waals surface area contributed by atoms with Crippen molar-refractivity contribution < 1.29 is 19.1 Å². The summed E-state index contributed by atoms with van der Waals surface area (Å²) >= 11 is 0. The summed E-state index contributed by atoms with van der Waals surface area (Å²) in [5.41, 5.74) is 5.26. The number of carbonyl (C=O) groups is 2. The highest BCUT2D eigenvalue weighted by molar-refractivity contribution is 5.89. The Morgan fingerprint density at radius 3 is 1.15 bits per heavy atom. The Balaban J connectivity index is 1.24. The van der Waals surface area contributed by atoms with Gasteiger partial charge in [0.1, 0.15) is 13.2 Å². The van der Waals surface area contributed by atoms with Crippen LogP contribution in [-0.2, 0) is 35.5 Å². The highest BCUT2D eigenvalue weighted by Crippen LogP contribution is 2.13. The largest absolute Gasteiger partial charge is 0.457 e. The van der Waals surface area contributed by atoms with Gasteiger partial charge in [0, 0.05) is 0 Å². The summed E-state index contributed by atoms with van der Waals surface area (Å²) in [4.78, 5) is 24.5. The van der Waals surface area contributed by atoms with Crippen LogP contribution in [0.4, 0.5) is 0 Å². The Morgan fingerprint density at radius 1 is 0.441 bits per heavy atom. The number of hydrogen-bond acceptors (Lipinski definition) is 4. The van der Waals surface area contributed by atoms with E-state index in [0.717, 1.165) is 35.1 Å². The molecule has 4 aromatic carbocycles. The van der Waals surface area contributed by atoms with Gasteiger partial charge in [-0.05, 0) is 59.4 Å². The number of hydrogen-bond donors (Lipinski definition) is 0. The van der Waals surface area contributed by atoms with E-state index in [1.54, 1.807) is 24.3 Å². The molecule has 0 saturated carbocycles. The maximum absolute atomic E-state index is 12.3. The van der Waals surface area contributed by atoms with Crippen LogP contribution in [-0.4, -0.2) is 11.9 Å². The lowest BCUT2D eigenvalue weighted by Gasteiger charge is -2.07. The summed E-state index contributed by atoms with van der Waals surface area (Å²) in [6.45, 7) is 0.522. The van der Waals surface area contributed by atoms with E-state index in [9.17, 15) is 9.59 Å². The van der Waals surface area contributed by atoms with Crippen LogP contribution < -0.4 is 0 Å². The van der Waals surface area contributed by atoms with Gasteiger partial charge in [0.05, 0.1) is 11.1 Å². The lowest BCUT2D eigenvalue weighted by atomic mass is 10.0. The van der Waals surface area contributed by atoms with Crippen LogP contribution in [0.15, 0.2) is 109 Å². The fourth-order valence-corrected chi connectivity index (χ4v) is 3.52. The van der Waals surface area contributed by atoms with E-state index in [2.05, 4.69) is 0 Å². The van der Waals surface area contributed by atoms with E-state index in [-0.39, 0.29) is 25.2 Å². The molecular weight excluding hydrogens is 424 g/mol. The minimum atomic E-state index is -0.329. The summed E-state index contributed by atoms with van der Waals surface area (Å²) in [7, 11) is 0. The third-order valence-electron chi connectivity index (χ3n) is 5.51. The first-order chi connectivity index (χ1) is 16.7. The number of rotatable bonds is 9. The maximum atomic E-state index is 12.3. The topological polar surface area (TPSA) is 52.6 Å². The van der Waals surface area contributed by atoms with Gasteiger partial charge in [-0.25, -0.2) is 9.59 Å². The molecule has 4 nitrogen and oxygen atoms in total. The average Bonchev–Trinajstić information content (AvgIpc) is 2.91. The minimum Gasteiger partial charge on any atom is -0.457 e. The number of benzene rings is 4. The second kappa shape index (κ2) is 11.6. The van der Waals surface area contributed by atoms with Gasteiger partial charge in [-0.1, -0.05) is 84.9 Å². The molecule has 4 aromatic rings.